The number of rotatable bonds is 4. The van der Waals surface area contributed by atoms with Crippen LogP contribution < -0.4 is 4.72 Å². The van der Waals surface area contributed by atoms with Gasteiger partial charge in [0.25, 0.3) is 0 Å². The molecule has 0 atom stereocenters. The van der Waals surface area contributed by atoms with E-state index >= 15 is 0 Å². The van der Waals surface area contributed by atoms with Crippen LogP contribution in [0.5, 0.6) is 0 Å². The fraction of sp³-hybridized carbons (Fsp3) is 0.273. The monoisotopic (exact) mass is 267 g/mol. The molecule has 18 heavy (non-hydrogen) atoms. The maximum atomic E-state index is 11.8. The molecule has 0 spiro atoms. The Labute approximate surface area is 106 Å². The lowest BCUT2D eigenvalue weighted by Gasteiger charge is -2.11. The van der Waals surface area contributed by atoms with E-state index in [4.69, 9.17) is 5.26 Å². The van der Waals surface area contributed by atoms with Gasteiger partial charge in [-0.3, -0.25) is 4.79 Å². The zero-order valence-electron chi connectivity index (χ0n) is 10.0. The topological polar surface area (TPSA) is 90.3 Å². The van der Waals surface area contributed by atoms with Gasteiger partial charge in [0.15, 0.2) is 0 Å². The largest absolute Gasteiger partial charge is 0.348 e. The average Bonchev–Trinajstić information content (AvgIpc) is 2.36. The van der Waals surface area contributed by atoms with E-state index in [1.807, 2.05) is 6.07 Å². The Balaban J connectivity index is 2.81. The molecule has 96 valence electrons. The van der Waals surface area contributed by atoms with Gasteiger partial charge in [0, 0.05) is 14.1 Å². The third kappa shape index (κ3) is 3.55. The van der Waals surface area contributed by atoms with E-state index in [-0.39, 0.29) is 17.3 Å². The van der Waals surface area contributed by atoms with Crippen molar-refractivity contribution in [1.29, 1.82) is 5.26 Å². The van der Waals surface area contributed by atoms with Gasteiger partial charge >= 0.3 is 0 Å². The van der Waals surface area contributed by atoms with Crippen molar-refractivity contribution in [2.45, 2.75) is 4.90 Å². The number of hydrogen-bond donors (Lipinski definition) is 1. The highest BCUT2D eigenvalue weighted by Gasteiger charge is 2.15. The quantitative estimate of drug-likeness (QED) is 0.826. The van der Waals surface area contributed by atoms with E-state index in [0.717, 1.165) is 0 Å². The molecule has 0 bridgehead atoms. The number of carbonyl (C=O) groups is 1. The lowest BCUT2D eigenvalue weighted by molar-refractivity contribution is -0.127. The lowest BCUT2D eigenvalue weighted by Crippen LogP contribution is -2.36. The molecule has 0 aromatic heterocycles. The van der Waals surface area contributed by atoms with Gasteiger partial charge in [-0.1, -0.05) is 0 Å². The second-order valence-corrected chi connectivity index (χ2v) is 5.52. The molecule has 1 N–H and O–H groups in total. The Bertz CT molecular complexity index is 571. The zero-order chi connectivity index (χ0) is 13.8. The molecule has 0 aliphatic rings. The molecule has 1 rings (SSSR count). The summed E-state index contributed by atoms with van der Waals surface area (Å²) in [5.74, 6) is -0.341. The normalized spacial score (nSPS) is 10.7. The van der Waals surface area contributed by atoms with Crippen molar-refractivity contribution in [3.8, 4) is 6.07 Å². The second-order valence-electron chi connectivity index (χ2n) is 3.75. The highest BCUT2D eigenvalue weighted by molar-refractivity contribution is 7.89. The van der Waals surface area contributed by atoms with E-state index in [1.165, 1.54) is 29.2 Å². The van der Waals surface area contributed by atoms with E-state index in [2.05, 4.69) is 4.72 Å². The number of benzene rings is 1. The molecule has 7 heteroatoms. The molecule has 0 saturated carbocycles. The molecule has 0 aliphatic heterocycles. The number of nitriles is 1. The van der Waals surface area contributed by atoms with Crippen LogP contribution in [-0.2, 0) is 14.8 Å². The fourth-order valence-electron chi connectivity index (χ4n) is 1.11. The highest BCUT2D eigenvalue weighted by atomic mass is 32.2. The molecular formula is C11H13N3O3S. The van der Waals surface area contributed by atoms with Crippen molar-refractivity contribution in [3.63, 3.8) is 0 Å². The van der Waals surface area contributed by atoms with Crippen LogP contribution in [0.1, 0.15) is 5.56 Å². The van der Waals surface area contributed by atoms with E-state index < -0.39 is 10.0 Å². The number of carbonyl (C=O) groups excluding carboxylic acids is 1. The first-order valence-electron chi connectivity index (χ1n) is 5.07. The molecule has 0 radical (unpaired) electrons. The molecular weight excluding hydrogens is 254 g/mol. The molecule has 0 unspecified atom stereocenters. The third-order valence-electron chi connectivity index (χ3n) is 2.21. The fourth-order valence-corrected chi connectivity index (χ4v) is 2.08. The molecule has 0 heterocycles. The van der Waals surface area contributed by atoms with Crippen LogP contribution >= 0.6 is 0 Å². The summed E-state index contributed by atoms with van der Waals surface area (Å²) < 4.78 is 25.8. The maximum absolute atomic E-state index is 11.8. The van der Waals surface area contributed by atoms with Gasteiger partial charge in [-0.25, -0.2) is 13.1 Å². The summed E-state index contributed by atoms with van der Waals surface area (Å²) in [6.07, 6.45) is 0. The first-order chi connectivity index (χ1) is 8.36. The van der Waals surface area contributed by atoms with Crippen molar-refractivity contribution >= 4 is 15.9 Å². The molecule has 1 amide bonds. The van der Waals surface area contributed by atoms with Gasteiger partial charge in [-0.15, -0.1) is 0 Å². The second kappa shape index (κ2) is 5.62. The van der Waals surface area contributed by atoms with Crippen molar-refractivity contribution in [3.05, 3.63) is 29.8 Å². The van der Waals surface area contributed by atoms with Crippen molar-refractivity contribution in [2.75, 3.05) is 20.6 Å². The van der Waals surface area contributed by atoms with E-state index in [1.54, 1.807) is 14.1 Å². The van der Waals surface area contributed by atoms with E-state index in [9.17, 15) is 13.2 Å². The van der Waals surface area contributed by atoms with Gasteiger partial charge in [-0.05, 0) is 24.3 Å². The van der Waals surface area contributed by atoms with Gasteiger partial charge in [0.1, 0.15) is 0 Å². The molecule has 0 aliphatic carbocycles. The van der Waals surface area contributed by atoms with Crippen molar-refractivity contribution in [2.24, 2.45) is 0 Å². The van der Waals surface area contributed by atoms with Crippen LogP contribution in [0.2, 0.25) is 0 Å². The Morgan fingerprint density at radius 3 is 2.33 bits per heavy atom. The minimum absolute atomic E-state index is 0.0213. The van der Waals surface area contributed by atoms with Gasteiger partial charge < -0.3 is 4.90 Å². The minimum atomic E-state index is -3.72. The molecule has 1 aromatic carbocycles. The summed E-state index contributed by atoms with van der Waals surface area (Å²) in [6.45, 7) is -0.296. The molecule has 0 saturated heterocycles. The molecule has 1 aromatic rings. The van der Waals surface area contributed by atoms with Crippen LogP contribution in [0, 0.1) is 11.3 Å². The Morgan fingerprint density at radius 1 is 1.33 bits per heavy atom. The first kappa shape index (κ1) is 14.2. The Kier molecular flexibility index (Phi) is 4.42. The number of nitrogens with one attached hydrogen (secondary N) is 1. The number of sulfonamides is 1. The van der Waals surface area contributed by atoms with Crippen LogP contribution in [0.3, 0.4) is 0 Å². The van der Waals surface area contributed by atoms with Crippen LogP contribution in [-0.4, -0.2) is 39.9 Å². The maximum Gasteiger partial charge on any atom is 0.241 e. The summed E-state index contributed by atoms with van der Waals surface area (Å²) in [6, 6.07) is 7.35. The van der Waals surface area contributed by atoms with E-state index in [0.29, 0.717) is 5.56 Å². The van der Waals surface area contributed by atoms with Gasteiger partial charge in [0.05, 0.1) is 23.1 Å². The predicted octanol–water partition coefficient (Wildman–Crippen LogP) is -0.0752. The summed E-state index contributed by atoms with van der Waals surface area (Å²) in [7, 11) is -0.641. The van der Waals surface area contributed by atoms with Crippen molar-refractivity contribution < 1.29 is 13.2 Å². The Morgan fingerprint density at radius 2 is 1.89 bits per heavy atom. The average molecular weight is 267 g/mol. The summed E-state index contributed by atoms with van der Waals surface area (Å²) in [5.41, 5.74) is 0.373. The number of hydrogen-bond acceptors (Lipinski definition) is 4. The SMILES string of the molecule is CN(C)C(=O)CNS(=O)(=O)c1ccc(C#N)cc1. The summed E-state index contributed by atoms with van der Waals surface area (Å²) in [4.78, 5) is 12.6. The highest BCUT2D eigenvalue weighted by Crippen LogP contribution is 2.09. The smallest absolute Gasteiger partial charge is 0.241 e. The number of nitrogens with zero attached hydrogens (tertiary/aromatic N) is 2. The van der Waals surface area contributed by atoms with Crippen LogP contribution in [0.25, 0.3) is 0 Å². The van der Waals surface area contributed by atoms with Gasteiger partial charge in [0.2, 0.25) is 15.9 Å². The first-order valence-corrected chi connectivity index (χ1v) is 6.55. The lowest BCUT2D eigenvalue weighted by atomic mass is 10.2. The minimum Gasteiger partial charge on any atom is -0.348 e. The number of likely N-dealkylation sites (N-methyl/N-ethyl adjacent to an activating group) is 1. The number of amides is 1. The third-order valence-corrected chi connectivity index (χ3v) is 3.62. The van der Waals surface area contributed by atoms with Gasteiger partial charge in [-0.2, -0.15) is 5.26 Å². The molecule has 0 fully saturated rings. The summed E-state index contributed by atoms with van der Waals surface area (Å²) in [5, 5.41) is 8.60. The molecule has 6 nitrogen and oxygen atoms in total. The Hall–Kier alpha value is -1.91. The van der Waals surface area contributed by atoms with Crippen LogP contribution in [0.4, 0.5) is 0 Å². The zero-order valence-corrected chi connectivity index (χ0v) is 10.9. The summed E-state index contributed by atoms with van der Waals surface area (Å²) >= 11 is 0. The standard InChI is InChI=1S/C11H13N3O3S/c1-14(2)11(15)8-13-18(16,17)10-5-3-9(7-12)4-6-10/h3-6,13H,8H2,1-2H3. The van der Waals surface area contributed by atoms with Crippen LogP contribution in [0.15, 0.2) is 29.2 Å². The predicted molar refractivity (Wildman–Crippen MR) is 65.0 cm³/mol. The van der Waals surface area contributed by atoms with Crippen molar-refractivity contribution in [1.82, 2.24) is 9.62 Å².